The van der Waals surface area contributed by atoms with Crippen LogP contribution in [0.4, 0.5) is 0 Å². The van der Waals surface area contributed by atoms with Crippen LogP contribution in [0, 0.1) is 0 Å². The van der Waals surface area contributed by atoms with Gasteiger partial charge in [0.05, 0.1) is 13.2 Å². The van der Waals surface area contributed by atoms with Gasteiger partial charge < -0.3 is 15.0 Å². The number of nitrogens with one attached hydrogen (secondary N) is 1. The highest BCUT2D eigenvalue weighted by atomic mass is 16.5. The lowest BCUT2D eigenvalue weighted by Gasteiger charge is -2.41. The van der Waals surface area contributed by atoms with Crippen molar-refractivity contribution in [3.05, 3.63) is 84.4 Å². The molecule has 0 radical (unpaired) electrons. The van der Waals surface area contributed by atoms with E-state index < -0.39 is 5.60 Å². The van der Waals surface area contributed by atoms with Gasteiger partial charge in [-0.15, -0.1) is 0 Å². The number of morpholine rings is 1. The molecule has 0 saturated carbocycles. The first-order chi connectivity index (χ1) is 15.6. The Morgan fingerprint density at radius 3 is 2.25 bits per heavy atom. The SMILES string of the molecule is CCNC(=O)[C@@]1(Cc2ccc(-c3ccncc3)cc2)CN(C(=O)c2ccncc2)CCO1. The second kappa shape index (κ2) is 9.70. The van der Waals surface area contributed by atoms with Gasteiger partial charge in [-0.05, 0) is 47.9 Å². The Bertz CT molecular complexity index is 1060. The van der Waals surface area contributed by atoms with Gasteiger partial charge in [-0.25, -0.2) is 0 Å². The molecule has 1 atom stereocenters. The Kier molecular flexibility index (Phi) is 6.56. The molecule has 0 unspecified atom stereocenters. The third-order valence-corrected chi connectivity index (χ3v) is 5.61. The highest BCUT2D eigenvalue weighted by Gasteiger charge is 2.45. The van der Waals surface area contributed by atoms with Crippen LogP contribution < -0.4 is 5.32 Å². The smallest absolute Gasteiger partial charge is 0.254 e. The number of carbonyl (C=O) groups is 2. The molecular weight excluding hydrogens is 404 g/mol. The number of carbonyl (C=O) groups excluding carboxylic acids is 2. The fourth-order valence-corrected chi connectivity index (χ4v) is 3.97. The van der Waals surface area contributed by atoms with E-state index in [9.17, 15) is 9.59 Å². The van der Waals surface area contributed by atoms with Crippen LogP contribution in [-0.2, 0) is 16.0 Å². The fraction of sp³-hybridized carbons (Fsp3) is 0.280. The number of pyridine rings is 2. The molecule has 0 spiro atoms. The van der Waals surface area contributed by atoms with E-state index in [2.05, 4.69) is 15.3 Å². The van der Waals surface area contributed by atoms with E-state index in [1.165, 1.54) is 0 Å². The first-order valence-corrected chi connectivity index (χ1v) is 10.7. The maximum absolute atomic E-state index is 13.1. The minimum Gasteiger partial charge on any atom is -0.361 e. The Morgan fingerprint density at radius 1 is 0.969 bits per heavy atom. The molecule has 3 heterocycles. The molecule has 1 saturated heterocycles. The van der Waals surface area contributed by atoms with E-state index in [-0.39, 0.29) is 18.4 Å². The summed E-state index contributed by atoms with van der Waals surface area (Å²) in [5.74, 6) is -0.331. The van der Waals surface area contributed by atoms with Crippen LogP contribution in [-0.4, -0.2) is 58.5 Å². The largest absolute Gasteiger partial charge is 0.361 e. The Morgan fingerprint density at radius 2 is 1.59 bits per heavy atom. The van der Waals surface area contributed by atoms with Gasteiger partial charge in [0.25, 0.3) is 11.8 Å². The standard InChI is InChI=1S/C25H26N4O3/c1-2-28-24(31)25(17-19-3-5-20(6-4-19)21-7-11-26-12-8-21)18-29(15-16-32-25)23(30)22-9-13-27-14-10-22/h3-14H,2,15-18H2,1H3,(H,28,31)/t25-/m1/s1. The lowest BCUT2D eigenvalue weighted by atomic mass is 9.90. The van der Waals surface area contributed by atoms with E-state index in [0.29, 0.717) is 31.7 Å². The summed E-state index contributed by atoms with van der Waals surface area (Å²) in [6.07, 6.45) is 7.08. The fourth-order valence-electron chi connectivity index (χ4n) is 3.97. The summed E-state index contributed by atoms with van der Waals surface area (Å²) in [5, 5.41) is 2.89. The number of rotatable bonds is 6. The van der Waals surface area contributed by atoms with Crippen molar-refractivity contribution < 1.29 is 14.3 Å². The predicted octanol–water partition coefficient (Wildman–Crippen LogP) is 2.73. The first kappa shape index (κ1) is 21.6. The molecule has 1 aliphatic rings. The number of nitrogens with zero attached hydrogens (tertiary/aromatic N) is 3. The molecule has 32 heavy (non-hydrogen) atoms. The minimum absolute atomic E-state index is 0.127. The van der Waals surface area contributed by atoms with Crippen molar-refractivity contribution in [2.24, 2.45) is 0 Å². The van der Waals surface area contributed by atoms with Crippen molar-refractivity contribution in [3.8, 4) is 11.1 Å². The first-order valence-electron chi connectivity index (χ1n) is 10.7. The van der Waals surface area contributed by atoms with Gasteiger partial charge in [-0.2, -0.15) is 0 Å². The number of likely N-dealkylation sites (N-methyl/N-ethyl adjacent to an activating group) is 1. The molecule has 1 fully saturated rings. The molecule has 0 aliphatic carbocycles. The van der Waals surface area contributed by atoms with Crippen molar-refractivity contribution in [1.29, 1.82) is 0 Å². The average molecular weight is 431 g/mol. The zero-order valence-electron chi connectivity index (χ0n) is 18.0. The summed E-state index contributed by atoms with van der Waals surface area (Å²) < 4.78 is 6.09. The molecule has 3 aromatic rings. The summed E-state index contributed by atoms with van der Waals surface area (Å²) in [7, 11) is 0. The van der Waals surface area contributed by atoms with Gasteiger partial charge in [-0.1, -0.05) is 24.3 Å². The van der Waals surface area contributed by atoms with Crippen LogP contribution in [0.25, 0.3) is 11.1 Å². The van der Waals surface area contributed by atoms with Gasteiger partial charge in [0, 0.05) is 49.9 Å². The molecule has 1 N–H and O–H groups in total. The van der Waals surface area contributed by atoms with Gasteiger partial charge in [0.2, 0.25) is 0 Å². The van der Waals surface area contributed by atoms with E-state index in [1.807, 2.05) is 43.3 Å². The Labute approximate surface area is 187 Å². The third-order valence-electron chi connectivity index (χ3n) is 5.61. The minimum atomic E-state index is -1.14. The van der Waals surface area contributed by atoms with Gasteiger partial charge in [-0.3, -0.25) is 19.6 Å². The highest BCUT2D eigenvalue weighted by molar-refractivity contribution is 5.95. The average Bonchev–Trinajstić information content (AvgIpc) is 2.85. The van der Waals surface area contributed by atoms with Crippen LogP contribution in [0.15, 0.2) is 73.3 Å². The molecule has 4 rings (SSSR count). The molecule has 2 amide bonds. The number of hydrogen-bond acceptors (Lipinski definition) is 5. The van der Waals surface area contributed by atoms with Gasteiger partial charge in [0.1, 0.15) is 0 Å². The quantitative estimate of drug-likeness (QED) is 0.650. The third kappa shape index (κ3) is 4.68. The molecule has 1 aliphatic heterocycles. The molecule has 2 aromatic heterocycles. The lowest BCUT2D eigenvalue weighted by molar-refractivity contribution is -0.157. The number of hydrogen-bond donors (Lipinski definition) is 1. The Hall–Kier alpha value is -3.58. The Balaban J connectivity index is 1.57. The number of benzene rings is 1. The number of aromatic nitrogens is 2. The van der Waals surface area contributed by atoms with Gasteiger partial charge in [0.15, 0.2) is 5.60 Å². The number of ether oxygens (including phenoxy) is 1. The van der Waals surface area contributed by atoms with Crippen LogP contribution in [0.2, 0.25) is 0 Å². The summed E-state index contributed by atoms with van der Waals surface area (Å²) in [6, 6.07) is 15.3. The van der Waals surface area contributed by atoms with E-state index in [4.69, 9.17) is 4.74 Å². The van der Waals surface area contributed by atoms with Gasteiger partial charge >= 0.3 is 0 Å². The maximum atomic E-state index is 13.1. The maximum Gasteiger partial charge on any atom is 0.254 e. The second-order valence-electron chi connectivity index (χ2n) is 7.77. The highest BCUT2D eigenvalue weighted by Crippen LogP contribution is 2.27. The summed E-state index contributed by atoms with van der Waals surface area (Å²) in [4.78, 5) is 35.9. The van der Waals surface area contributed by atoms with Crippen LogP contribution in [0.5, 0.6) is 0 Å². The van der Waals surface area contributed by atoms with Crippen molar-refractivity contribution in [1.82, 2.24) is 20.2 Å². The van der Waals surface area contributed by atoms with Crippen LogP contribution >= 0.6 is 0 Å². The van der Waals surface area contributed by atoms with E-state index >= 15 is 0 Å². The second-order valence-corrected chi connectivity index (χ2v) is 7.77. The summed E-state index contributed by atoms with van der Waals surface area (Å²) in [6.45, 7) is 3.28. The van der Waals surface area contributed by atoms with E-state index in [1.54, 1.807) is 41.8 Å². The monoisotopic (exact) mass is 430 g/mol. The zero-order chi connectivity index (χ0) is 22.4. The molecule has 0 bridgehead atoms. The summed E-state index contributed by atoms with van der Waals surface area (Å²) in [5.41, 5.74) is 2.52. The van der Waals surface area contributed by atoms with Crippen molar-refractivity contribution in [2.75, 3.05) is 26.2 Å². The molecule has 1 aromatic carbocycles. The van der Waals surface area contributed by atoms with Crippen LogP contribution in [0.3, 0.4) is 0 Å². The van der Waals surface area contributed by atoms with Crippen molar-refractivity contribution >= 4 is 11.8 Å². The topological polar surface area (TPSA) is 84.4 Å². The van der Waals surface area contributed by atoms with Crippen LogP contribution in [0.1, 0.15) is 22.8 Å². The predicted molar refractivity (Wildman–Crippen MR) is 121 cm³/mol. The summed E-state index contributed by atoms with van der Waals surface area (Å²) >= 11 is 0. The molecule has 164 valence electrons. The normalized spacial score (nSPS) is 18.2. The van der Waals surface area contributed by atoms with Crippen molar-refractivity contribution in [3.63, 3.8) is 0 Å². The van der Waals surface area contributed by atoms with E-state index in [0.717, 1.165) is 16.7 Å². The molecule has 7 heteroatoms. The lowest BCUT2D eigenvalue weighted by Crippen LogP contribution is -2.62. The number of amides is 2. The molecule has 7 nitrogen and oxygen atoms in total. The van der Waals surface area contributed by atoms with Crippen molar-refractivity contribution in [2.45, 2.75) is 18.9 Å². The molecular formula is C25H26N4O3. The zero-order valence-corrected chi connectivity index (χ0v) is 18.0.